The third-order valence-corrected chi connectivity index (χ3v) is 3.18. The number of hydrogen-bond acceptors (Lipinski definition) is 4. The molecule has 0 saturated carbocycles. The highest BCUT2D eigenvalue weighted by atomic mass is 16.5. The average molecular weight is 287 g/mol. The minimum Gasteiger partial charge on any atom is -0.495 e. The number of hydrogen-bond donors (Lipinski definition) is 1. The minimum absolute atomic E-state index is 0.152. The van der Waals surface area contributed by atoms with Crippen molar-refractivity contribution in [3.05, 3.63) is 47.9 Å². The van der Waals surface area contributed by atoms with E-state index in [1.165, 1.54) is 0 Å². The van der Waals surface area contributed by atoms with E-state index >= 15 is 0 Å². The molecular weight excluding hydrogens is 266 g/mol. The Bertz CT molecular complexity index is 588. The Morgan fingerprint density at radius 2 is 2.14 bits per heavy atom. The number of carbonyl (C=O) groups is 1. The predicted octanol–water partition coefficient (Wildman–Crippen LogP) is 4.13. The first-order chi connectivity index (χ1) is 10.1. The van der Waals surface area contributed by atoms with Crippen molar-refractivity contribution in [1.82, 2.24) is 0 Å². The predicted molar refractivity (Wildman–Crippen MR) is 82.8 cm³/mol. The number of furan rings is 1. The molecular formula is C17H21NO3. The van der Waals surface area contributed by atoms with Crippen LogP contribution in [0.25, 0.3) is 0 Å². The van der Waals surface area contributed by atoms with Crippen LogP contribution in [0, 0.1) is 5.92 Å². The topological polar surface area (TPSA) is 51.5 Å². The molecule has 0 fully saturated rings. The van der Waals surface area contributed by atoms with Gasteiger partial charge in [-0.3, -0.25) is 4.79 Å². The molecule has 1 aromatic heterocycles. The molecule has 0 bridgehead atoms. The molecule has 2 rings (SSSR count). The summed E-state index contributed by atoms with van der Waals surface area (Å²) in [6, 6.07) is 7.38. The van der Waals surface area contributed by atoms with Gasteiger partial charge >= 0.3 is 0 Å². The summed E-state index contributed by atoms with van der Waals surface area (Å²) >= 11 is 0. The zero-order chi connectivity index (χ0) is 15.2. The monoisotopic (exact) mass is 287 g/mol. The number of carbonyl (C=O) groups excluding carboxylic acids is 1. The molecule has 1 aromatic carbocycles. The molecule has 2 aromatic rings. The first-order valence-corrected chi connectivity index (χ1v) is 7.06. The molecule has 1 N–H and O–H groups in total. The molecule has 0 unspecified atom stereocenters. The van der Waals surface area contributed by atoms with Crippen molar-refractivity contribution in [2.75, 3.05) is 12.4 Å². The van der Waals surface area contributed by atoms with E-state index in [4.69, 9.17) is 9.15 Å². The Labute approximate surface area is 125 Å². The Morgan fingerprint density at radius 3 is 2.76 bits per heavy atom. The van der Waals surface area contributed by atoms with E-state index in [1.807, 2.05) is 38.1 Å². The summed E-state index contributed by atoms with van der Waals surface area (Å²) in [7, 11) is 1.62. The summed E-state index contributed by atoms with van der Waals surface area (Å²) < 4.78 is 10.4. The van der Waals surface area contributed by atoms with Gasteiger partial charge in [0, 0.05) is 24.1 Å². The number of ether oxygens (including phenoxy) is 1. The molecule has 0 aliphatic rings. The molecule has 0 saturated heterocycles. The maximum atomic E-state index is 12.2. The molecule has 4 heteroatoms. The molecule has 112 valence electrons. The van der Waals surface area contributed by atoms with Gasteiger partial charge in [0.1, 0.15) is 5.75 Å². The van der Waals surface area contributed by atoms with Crippen molar-refractivity contribution in [2.45, 2.75) is 26.8 Å². The normalized spacial score (nSPS) is 10.7. The van der Waals surface area contributed by atoms with Crippen LogP contribution < -0.4 is 10.1 Å². The van der Waals surface area contributed by atoms with Gasteiger partial charge < -0.3 is 14.5 Å². The molecule has 0 spiro atoms. The van der Waals surface area contributed by atoms with Gasteiger partial charge in [0.2, 0.25) is 0 Å². The number of ketones is 1. The lowest BCUT2D eigenvalue weighted by atomic mass is 10.0. The second-order valence-electron chi connectivity index (χ2n) is 5.42. The van der Waals surface area contributed by atoms with Crippen LogP contribution in [0.3, 0.4) is 0 Å². The van der Waals surface area contributed by atoms with Crippen molar-refractivity contribution < 1.29 is 13.9 Å². The largest absolute Gasteiger partial charge is 0.495 e. The Hall–Kier alpha value is -2.23. The number of anilines is 1. The molecule has 4 nitrogen and oxygen atoms in total. The molecule has 0 aliphatic heterocycles. The van der Waals surface area contributed by atoms with E-state index in [1.54, 1.807) is 19.6 Å². The second-order valence-corrected chi connectivity index (χ2v) is 5.42. The smallest absolute Gasteiger partial charge is 0.163 e. The SMILES string of the molecule is COc1ccc(C(=O)CC(C)C)cc1NCc1ccoc1. The van der Waals surface area contributed by atoms with Crippen molar-refractivity contribution in [2.24, 2.45) is 5.92 Å². The van der Waals surface area contributed by atoms with E-state index < -0.39 is 0 Å². The maximum absolute atomic E-state index is 12.2. The molecule has 1 heterocycles. The van der Waals surface area contributed by atoms with Gasteiger partial charge in [0.25, 0.3) is 0 Å². The molecule has 21 heavy (non-hydrogen) atoms. The van der Waals surface area contributed by atoms with E-state index in [0.29, 0.717) is 24.4 Å². The fraction of sp³-hybridized carbons (Fsp3) is 0.353. The summed E-state index contributed by atoms with van der Waals surface area (Å²) in [6.45, 7) is 4.70. The van der Waals surface area contributed by atoms with Crippen LogP contribution in [0.4, 0.5) is 5.69 Å². The highest BCUT2D eigenvalue weighted by Gasteiger charge is 2.12. The number of benzene rings is 1. The fourth-order valence-electron chi connectivity index (χ4n) is 2.10. The van der Waals surface area contributed by atoms with E-state index in [0.717, 1.165) is 17.0 Å². The Kier molecular flexibility index (Phi) is 5.04. The van der Waals surface area contributed by atoms with E-state index in [2.05, 4.69) is 5.32 Å². The van der Waals surface area contributed by atoms with Crippen LogP contribution in [0.15, 0.2) is 41.2 Å². The lowest BCUT2D eigenvalue weighted by Gasteiger charge is -2.12. The first kappa shape index (κ1) is 15.2. The fourth-order valence-corrected chi connectivity index (χ4v) is 2.10. The molecule has 0 radical (unpaired) electrons. The zero-order valence-electron chi connectivity index (χ0n) is 12.7. The van der Waals surface area contributed by atoms with Crippen LogP contribution in [-0.2, 0) is 6.54 Å². The number of nitrogens with one attached hydrogen (secondary N) is 1. The van der Waals surface area contributed by atoms with Crippen molar-refractivity contribution >= 4 is 11.5 Å². The number of Topliss-reactive ketones (excluding diaryl/α,β-unsaturated/α-hetero) is 1. The van der Waals surface area contributed by atoms with Crippen LogP contribution in [0.2, 0.25) is 0 Å². The maximum Gasteiger partial charge on any atom is 0.163 e. The van der Waals surface area contributed by atoms with Crippen LogP contribution in [0.5, 0.6) is 5.75 Å². The van der Waals surface area contributed by atoms with Crippen molar-refractivity contribution in [1.29, 1.82) is 0 Å². The van der Waals surface area contributed by atoms with E-state index in [9.17, 15) is 4.79 Å². The summed E-state index contributed by atoms with van der Waals surface area (Å²) in [6.07, 6.45) is 3.87. The lowest BCUT2D eigenvalue weighted by molar-refractivity contribution is 0.0968. The van der Waals surface area contributed by atoms with Gasteiger partial charge in [-0.2, -0.15) is 0 Å². The quantitative estimate of drug-likeness (QED) is 0.778. The minimum atomic E-state index is 0.152. The van der Waals surface area contributed by atoms with Gasteiger partial charge in [0.05, 0.1) is 25.3 Å². The molecule has 0 aliphatic carbocycles. The highest BCUT2D eigenvalue weighted by molar-refractivity contribution is 5.97. The average Bonchev–Trinajstić information content (AvgIpc) is 2.97. The van der Waals surface area contributed by atoms with Crippen molar-refractivity contribution in [3.8, 4) is 5.75 Å². The number of methoxy groups -OCH3 is 1. The third-order valence-electron chi connectivity index (χ3n) is 3.18. The number of rotatable bonds is 7. The second kappa shape index (κ2) is 6.97. The van der Waals surface area contributed by atoms with Gasteiger partial charge in [-0.15, -0.1) is 0 Å². The molecule has 0 atom stereocenters. The summed E-state index contributed by atoms with van der Waals surface area (Å²) in [5.74, 6) is 1.22. The van der Waals surface area contributed by atoms with Crippen LogP contribution in [0.1, 0.15) is 36.2 Å². The third kappa shape index (κ3) is 4.12. The van der Waals surface area contributed by atoms with Gasteiger partial charge in [-0.05, 0) is 30.2 Å². The highest BCUT2D eigenvalue weighted by Crippen LogP contribution is 2.27. The molecule has 0 amide bonds. The van der Waals surface area contributed by atoms with Crippen LogP contribution in [-0.4, -0.2) is 12.9 Å². The summed E-state index contributed by atoms with van der Waals surface area (Å²) in [5.41, 5.74) is 2.56. The van der Waals surface area contributed by atoms with E-state index in [-0.39, 0.29) is 5.78 Å². The Morgan fingerprint density at radius 1 is 1.33 bits per heavy atom. The lowest BCUT2D eigenvalue weighted by Crippen LogP contribution is -2.06. The van der Waals surface area contributed by atoms with Gasteiger partial charge in [0.15, 0.2) is 5.78 Å². The van der Waals surface area contributed by atoms with Crippen molar-refractivity contribution in [3.63, 3.8) is 0 Å². The van der Waals surface area contributed by atoms with Gasteiger partial charge in [-0.25, -0.2) is 0 Å². The Balaban J connectivity index is 2.15. The zero-order valence-corrected chi connectivity index (χ0v) is 12.7. The van der Waals surface area contributed by atoms with Gasteiger partial charge in [-0.1, -0.05) is 13.8 Å². The van der Waals surface area contributed by atoms with Crippen LogP contribution >= 0.6 is 0 Å². The summed E-state index contributed by atoms with van der Waals surface area (Å²) in [5, 5.41) is 3.28. The summed E-state index contributed by atoms with van der Waals surface area (Å²) in [4.78, 5) is 12.2. The first-order valence-electron chi connectivity index (χ1n) is 7.06. The standard InChI is InChI=1S/C17H21NO3/c1-12(2)8-16(19)14-4-5-17(20-3)15(9-14)18-10-13-6-7-21-11-13/h4-7,9,11-12,18H,8,10H2,1-3H3.